The van der Waals surface area contributed by atoms with Gasteiger partial charge in [0.2, 0.25) is 5.91 Å². The highest BCUT2D eigenvalue weighted by atomic mass is 32.1. The molecule has 0 saturated carbocycles. The van der Waals surface area contributed by atoms with Crippen molar-refractivity contribution < 1.29 is 9.18 Å². The molecule has 2 aromatic carbocycles. The molecule has 9 heteroatoms. The summed E-state index contributed by atoms with van der Waals surface area (Å²) >= 11 is 6.72. The Kier molecular flexibility index (Phi) is 6.57. The zero-order valence-electron chi connectivity index (χ0n) is 17.7. The van der Waals surface area contributed by atoms with Gasteiger partial charge in [-0.1, -0.05) is 42.0 Å². The maximum absolute atomic E-state index is 14.0. The number of hydrogen-bond acceptors (Lipinski definition) is 5. The zero-order chi connectivity index (χ0) is 22.7. The maximum atomic E-state index is 14.0. The van der Waals surface area contributed by atoms with E-state index in [1.54, 1.807) is 12.1 Å². The molecule has 2 N–H and O–H groups in total. The summed E-state index contributed by atoms with van der Waals surface area (Å²) in [6.07, 6.45) is 0.657. The van der Waals surface area contributed by atoms with Crippen molar-refractivity contribution >= 4 is 34.6 Å². The minimum absolute atomic E-state index is 0.172. The molecular weight excluding hydrogens is 445 g/mol. The first kappa shape index (κ1) is 22.0. The third kappa shape index (κ3) is 5.00. The molecule has 2 aromatic heterocycles. The average Bonchev–Trinajstić information content (AvgIpc) is 3.30. The highest BCUT2D eigenvalue weighted by molar-refractivity contribution is 7.71. The first-order valence-corrected chi connectivity index (χ1v) is 11.3. The molecular formula is C23H22FN5OS2. The molecule has 0 fully saturated rings. The number of aromatic amines is 1. The SMILES string of the molecule is Cc1cccc(-c2n[nH]c(=S)n2CCC(=O)Nc2nc(C)c(Cc3ccccc3F)s2)c1. The molecule has 0 unspecified atom stereocenters. The average molecular weight is 468 g/mol. The van der Waals surface area contributed by atoms with Gasteiger partial charge in [-0.2, -0.15) is 5.10 Å². The Morgan fingerprint density at radius 3 is 2.81 bits per heavy atom. The van der Waals surface area contributed by atoms with Gasteiger partial charge in [-0.15, -0.1) is 11.3 Å². The van der Waals surface area contributed by atoms with Crippen LogP contribution < -0.4 is 5.32 Å². The molecule has 6 nitrogen and oxygen atoms in total. The van der Waals surface area contributed by atoms with Gasteiger partial charge in [0.15, 0.2) is 15.7 Å². The van der Waals surface area contributed by atoms with Gasteiger partial charge in [0, 0.05) is 29.8 Å². The van der Waals surface area contributed by atoms with E-state index in [9.17, 15) is 9.18 Å². The molecule has 0 aliphatic carbocycles. The van der Waals surface area contributed by atoms with Gasteiger partial charge in [0.1, 0.15) is 5.82 Å². The van der Waals surface area contributed by atoms with Crippen molar-refractivity contribution in [3.05, 3.63) is 80.8 Å². The Morgan fingerprint density at radius 1 is 1.22 bits per heavy atom. The second-order valence-electron chi connectivity index (χ2n) is 7.47. The molecule has 0 aliphatic heterocycles. The van der Waals surface area contributed by atoms with Crippen molar-refractivity contribution in [1.29, 1.82) is 0 Å². The lowest BCUT2D eigenvalue weighted by atomic mass is 10.1. The van der Waals surface area contributed by atoms with E-state index in [1.807, 2.05) is 48.7 Å². The van der Waals surface area contributed by atoms with E-state index in [-0.39, 0.29) is 18.1 Å². The predicted molar refractivity (Wildman–Crippen MR) is 127 cm³/mol. The van der Waals surface area contributed by atoms with Crippen LogP contribution in [0.3, 0.4) is 0 Å². The molecule has 164 valence electrons. The standard InChI is InChI=1S/C23H22FN5OS2/c1-14-6-5-8-17(12-14)21-27-28-23(31)29(21)11-10-20(30)26-22-25-15(2)19(32-22)13-16-7-3-4-9-18(16)24/h3-9,12H,10-11,13H2,1-2H3,(H,28,31)(H,25,26,30). The van der Waals surface area contributed by atoms with E-state index in [2.05, 4.69) is 20.5 Å². The summed E-state index contributed by atoms with van der Waals surface area (Å²) < 4.78 is 16.2. The molecule has 0 bridgehead atoms. The van der Waals surface area contributed by atoms with Gasteiger partial charge in [-0.3, -0.25) is 14.5 Å². The van der Waals surface area contributed by atoms with Crippen LogP contribution in [0.5, 0.6) is 0 Å². The van der Waals surface area contributed by atoms with Crippen molar-refractivity contribution in [1.82, 2.24) is 19.7 Å². The largest absolute Gasteiger partial charge is 0.302 e. The number of carbonyl (C=O) groups excluding carboxylic acids is 1. The number of nitrogens with zero attached hydrogens (tertiary/aromatic N) is 3. The summed E-state index contributed by atoms with van der Waals surface area (Å²) in [6, 6.07) is 14.6. The molecule has 0 spiro atoms. The fourth-order valence-corrected chi connectivity index (χ4v) is 4.61. The minimum Gasteiger partial charge on any atom is -0.302 e. The van der Waals surface area contributed by atoms with Crippen LogP contribution in [0.15, 0.2) is 48.5 Å². The summed E-state index contributed by atoms with van der Waals surface area (Å²) in [5.41, 5.74) is 3.44. The van der Waals surface area contributed by atoms with Crippen LogP contribution in [-0.2, 0) is 17.8 Å². The van der Waals surface area contributed by atoms with Crippen molar-refractivity contribution in [3.63, 3.8) is 0 Å². The fourth-order valence-electron chi connectivity index (χ4n) is 3.39. The lowest BCUT2D eigenvalue weighted by Crippen LogP contribution is -2.15. The molecule has 4 rings (SSSR count). The van der Waals surface area contributed by atoms with Gasteiger partial charge in [0.05, 0.1) is 5.69 Å². The Morgan fingerprint density at radius 2 is 2.03 bits per heavy atom. The highest BCUT2D eigenvalue weighted by Crippen LogP contribution is 2.26. The summed E-state index contributed by atoms with van der Waals surface area (Å²) in [5, 5.41) is 10.5. The second kappa shape index (κ2) is 9.54. The number of H-pyrrole nitrogens is 1. The number of hydrogen-bond donors (Lipinski definition) is 2. The molecule has 1 amide bonds. The van der Waals surface area contributed by atoms with E-state index in [1.165, 1.54) is 17.4 Å². The van der Waals surface area contributed by atoms with E-state index in [0.29, 0.717) is 34.3 Å². The van der Waals surface area contributed by atoms with Crippen LogP contribution in [-0.4, -0.2) is 25.7 Å². The Bertz CT molecular complexity index is 1320. The van der Waals surface area contributed by atoms with E-state index < -0.39 is 0 Å². The molecule has 0 radical (unpaired) electrons. The predicted octanol–water partition coefficient (Wildman–Crippen LogP) is 5.44. The van der Waals surface area contributed by atoms with Crippen molar-refractivity contribution in [2.45, 2.75) is 33.2 Å². The van der Waals surface area contributed by atoms with Gasteiger partial charge >= 0.3 is 0 Å². The van der Waals surface area contributed by atoms with Crippen molar-refractivity contribution in [2.24, 2.45) is 0 Å². The number of anilines is 1. The van der Waals surface area contributed by atoms with Crippen LogP contribution in [0.25, 0.3) is 11.4 Å². The number of nitrogens with one attached hydrogen (secondary N) is 2. The quantitative estimate of drug-likeness (QED) is 0.355. The number of aromatic nitrogens is 4. The number of benzene rings is 2. The van der Waals surface area contributed by atoms with Crippen LogP contribution in [0.4, 0.5) is 9.52 Å². The second-order valence-corrected chi connectivity index (χ2v) is 8.94. The molecule has 4 aromatic rings. The molecule has 0 atom stereocenters. The van der Waals surface area contributed by atoms with E-state index in [4.69, 9.17) is 12.2 Å². The summed E-state index contributed by atoms with van der Waals surface area (Å²) in [6.45, 7) is 4.26. The molecule has 2 heterocycles. The first-order chi connectivity index (χ1) is 15.4. The Balaban J connectivity index is 1.42. The normalized spacial score (nSPS) is 11.0. The van der Waals surface area contributed by atoms with Gasteiger partial charge in [-0.05, 0) is 43.8 Å². The lowest BCUT2D eigenvalue weighted by Gasteiger charge is -2.07. The number of carbonyl (C=O) groups is 1. The van der Waals surface area contributed by atoms with Crippen molar-refractivity contribution in [3.8, 4) is 11.4 Å². The van der Waals surface area contributed by atoms with Crippen LogP contribution in [0.1, 0.15) is 28.1 Å². The maximum Gasteiger partial charge on any atom is 0.227 e. The zero-order valence-corrected chi connectivity index (χ0v) is 19.3. The van der Waals surface area contributed by atoms with Crippen molar-refractivity contribution in [2.75, 3.05) is 5.32 Å². The minimum atomic E-state index is -0.243. The summed E-state index contributed by atoms with van der Waals surface area (Å²) in [7, 11) is 0. The molecule has 0 aliphatic rings. The van der Waals surface area contributed by atoms with Crippen LogP contribution in [0, 0.1) is 24.4 Å². The smallest absolute Gasteiger partial charge is 0.227 e. The molecule has 32 heavy (non-hydrogen) atoms. The van der Waals surface area contributed by atoms with Gasteiger partial charge in [0.25, 0.3) is 0 Å². The number of thiazole rings is 1. The van der Waals surface area contributed by atoms with Crippen LogP contribution >= 0.6 is 23.6 Å². The van der Waals surface area contributed by atoms with Gasteiger partial charge in [-0.25, -0.2) is 9.37 Å². The topological polar surface area (TPSA) is 75.6 Å². The highest BCUT2D eigenvalue weighted by Gasteiger charge is 2.14. The third-order valence-corrected chi connectivity index (χ3v) is 6.43. The summed E-state index contributed by atoms with van der Waals surface area (Å²) in [4.78, 5) is 17.9. The van der Waals surface area contributed by atoms with Crippen LogP contribution in [0.2, 0.25) is 0 Å². The lowest BCUT2D eigenvalue weighted by molar-refractivity contribution is -0.116. The van der Waals surface area contributed by atoms with E-state index in [0.717, 1.165) is 21.7 Å². The number of rotatable bonds is 7. The number of halogens is 1. The van der Waals surface area contributed by atoms with Gasteiger partial charge < -0.3 is 5.32 Å². The summed E-state index contributed by atoms with van der Waals surface area (Å²) in [5.74, 6) is 0.283. The number of aryl methyl sites for hydroxylation is 2. The fraction of sp³-hybridized carbons (Fsp3) is 0.217. The Hall–Kier alpha value is -3.17. The third-order valence-electron chi connectivity index (χ3n) is 5.04. The Labute approximate surface area is 194 Å². The monoisotopic (exact) mass is 467 g/mol. The first-order valence-electron chi connectivity index (χ1n) is 10.1. The molecule has 0 saturated heterocycles. The van der Waals surface area contributed by atoms with E-state index >= 15 is 0 Å². The number of amides is 1.